The molecule has 0 bridgehead atoms. The molecule has 0 fully saturated rings. The highest BCUT2D eigenvalue weighted by atomic mass is 14.8. The van der Waals surface area contributed by atoms with Crippen molar-refractivity contribution in [1.82, 2.24) is 9.97 Å². The Morgan fingerprint density at radius 3 is 2.23 bits per heavy atom. The van der Waals surface area contributed by atoms with Crippen molar-refractivity contribution < 1.29 is 0 Å². The first-order valence-corrected chi connectivity index (χ1v) is 8.69. The van der Waals surface area contributed by atoms with Crippen LogP contribution in [-0.4, -0.2) is 9.97 Å². The Balaban J connectivity index is 1.72. The largest absolute Gasteiger partial charge is 0.252 e. The van der Waals surface area contributed by atoms with Crippen LogP contribution in [0.1, 0.15) is 0 Å². The van der Waals surface area contributed by atoms with E-state index in [2.05, 4.69) is 60.7 Å². The van der Waals surface area contributed by atoms with Gasteiger partial charge in [0.2, 0.25) is 0 Å². The molecule has 0 radical (unpaired) electrons. The molecule has 2 nitrogen and oxygen atoms in total. The molecule has 0 N–H and O–H groups in total. The summed E-state index contributed by atoms with van der Waals surface area (Å²) in [6.45, 7) is 0. The lowest BCUT2D eigenvalue weighted by molar-refractivity contribution is 1.30. The van der Waals surface area contributed by atoms with Crippen molar-refractivity contribution in [3.05, 3.63) is 97.2 Å². The second-order valence-electron chi connectivity index (χ2n) is 6.32. The van der Waals surface area contributed by atoms with Gasteiger partial charge in [-0.05, 0) is 22.4 Å². The van der Waals surface area contributed by atoms with Crippen LogP contribution >= 0.6 is 0 Å². The minimum atomic E-state index is 0.902. The first kappa shape index (κ1) is 14.8. The Morgan fingerprint density at radius 2 is 1.31 bits per heavy atom. The van der Waals surface area contributed by atoms with E-state index >= 15 is 0 Å². The number of aromatic nitrogens is 2. The van der Waals surface area contributed by atoms with E-state index in [-0.39, 0.29) is 0 Å². The van der Waals surface area contributed by atoms with Gasteiger partial charge >= 0.3 is 0 Å². The maximum Gasteiger partial charge on any atom is 0.0965 e. The van der Waals surface area contributed by atoms with Gasteiger partial charge in [-0.1, -0.05) is 84.9 Å². The highest BCUT2D eigenvalue weighted by molar-refractivity contribution is 5.97. The first-order valence-electron chi connectivity index (χ1n) is 8.69. The third-order valence-corrected chi connectivity index (χ3v) is 4.72. The second kappa shape index (κ2) is 6.08. The van der Waals surface area contributed by atoms with E-state index in [1.54, 1.807) is 0 Å². The Morgan fingerprint density at radius 1 is 0.577 bits per heavy atom. The molecule has 2 heteroatoms. The van der Waals surface area contributed by atoms with Crippen molar-refractivity contribution in [2.75, 3.05) is 0 Å². The molecule has 0 amide bonds. The van der Waals surface area contributed by atoms with Gasteiger partial charge in [-0.2, -0.15) is 0 Å². The van der Waals surface area contributed by atoms with Gasteiger partial charge in [0.05, 0.1) is 22.9 Å². The molecule has 122 valence electrons. The summed E-state index contributed by atoms with van der Waals surface area (Å²) >= 11 is 0. The summed E-state index contributed by atoms with van der Waals surface area (Å²) in [7, 11) is 0. The van der Waals surface area contributed by atoms with Crippen molar-refractivity contribution in [3.63, 3.8) is 0 Å². The van der Waals surface area contributed by atoms with Gasteiger partial charge in [0.15, 0.2) is 0 Å². The zero-order valence-corrected chi connectivity index (χ0v) is 14.1. The molecule has 26 heavy (non-hydrogen) atoms. The zero-order chi connectivity index (χ0) is 17.3. The SMILES string of the molecule is c1ccc(-c2cccc3nc(-c4cccc5ccccc45)cnc23)cc1. The Labute approximate surface area is 151 Å². The maximum absolute atomic E-state index is 4.92. The van der Waals surface area contributed by atoms with Crippen molar-refractivity contribution in [1.29, 1.82) is 0 Å². The summed E-state index contributed by atoms with van der Waals surface area (Å²) in [4.78, 5) is 9.70. The monoisotopic (exact) mass is 332 g/mol. The number of hydrogen-bond acceptors (Lipinski definition) is 2. The van der Waals surface area contributed by atoms with Crippen LogP contribution in [0, 0.1) is 0 Å². The molecule has 0 atom stereocenters. The van der Waals surface area contributed by atoms with Crippen molar-refractivity contribution in [3.8, 4) is 22.4 Å². The van der Waals surface area contributed by atoms with Crippen molar-refractivity contribution in [2.24, 2.45) is 0 Å². The third-order valence-electron chi connectivity index (χ3n) is 4.72. The summed E-state index contributed by atoms with van der Waals surface area (Å²) in [5.74, 6) is 0. The molecule has 0 aliphatic heterocycles. The van der Waals surface area contributed by atoms with Gasteiger partial charge < -0.3 is 0 Å². The second-order valence-corrected chi connectivity index (χ2v) is 6.32. The fourth-order valence-electron chi connectivity index (χ4n) is 3.47. The Hall–Kier alpha value is -3.52. The quantitative estimate of drug-likeness (QED) is 0.389. The third kappa shape index (κ3) is 2.44. The fraction of sp³-hybridized carbons (Fsp3) is 0. The van der Waals surface area contributed by atoms with Crippen LogP contribution < -0.4 is 0 Å². The predicted molar refractivity (Wildman–Crippen MR) is 108 cm³/mol. The standard InChI is InChI=1S/C24H16N2/c1-2-8-18(9-3-1)20-13-7-15-22-24(20)25-16-23(26-22)21-14-6-11-17-10-4-5-12-19(17)21/h1-16H. The van der Waals surface area contributed by atoms with Crippen LogP contribution in [0.4, 0.5) is 0 Å². The molecule has 4 aromatic carbocycles. The molecule has 0 unspecified atom stereocenters. The molecule has 1 heterocycles. The molecule has 1 aromatic heterocycles. The van der Waals surface area contributed by atoms with E-state index in [4.69, 9.17) is 9.97 Å². The molecular formula is C24H16N2. The van der Waals surface area contributed by atoms with Crippen LogP contribution in [0.2, 0.25) is 0 Å². The minimum absolute atomic E-state index is 0.902. The molecule has 0 saturated carbocycles. The van der Waals surface area contributed by atoms with Gasteiger partial charge in [-0.3, -0.25) is 4.98 Å². The number of hydrogen-bond donors (Lipinski definition) is 0. The summed E-state index contributed by atoms with van der Waals surface area (Å²) < 4.78 is 0. The molecule has 0 aliphatic rings. The lowest BCUT2D eigenvalue weighted by Crippen LogP contribution is -1.92. The number of para-hydroxylation sites is 1. The molecule has 0 aliphatic carbocycles. The number of nitrogens with zero attached hydrogens (tertiary/aromatic N) is 2. The summed E-state index contributed by atoms with van der Waals surface area (Å²) in [6.07, 6.45) is 1.89. The van der Waals surface area contributed by atoms with Gasteiger partial charge in [0.1, 0.15) is 0 Å². The van der Waals surface area contributed by atoms with E-state index < -0.39 is 0 Å². The van der Waals surface area contributed by atoms with Crippen LogP contribution in [0.5, 0.6) is 0 Å². The van der Waals surface area contributed by atoms with Gasteiger partial charge in [0, 0.05) is 11.1 Å². The Kier molecular flexibility index (Phi) is 3.46. The molecule has 5 rings (SSSR count). The predicted octanol–water partition coefficient (Wildman–Crippen LogP) is 6.12. The molecule has 0 saturated heterocycles. The molecule has 0 spiro atoms. The highest BCUT2D eigenvalue weighted by Gasteiger charge is 2.09. The molecular weight excluding hydrogens is 316 g/mol. The average molecular weight is 332 g/mol. The van der Waals surface area contributed by atoms with Crippen molar-refractivity contribution >= 4 is 21.8 Å². The Bertz CT molecular complexity index is 1220. The van der Waals surface area contributed by atoms with Gasteiger partial charge in [-0.25, -0.2) is 4.98 Å². The average Bonchev–Trinajstić information content (AvgIpc) is 2.73. The van der Waals surface area contributed by atoms with Crippen LogP contribution in [0.15, 0.2) is 97.2 Å². The number of benzene rings is 4. The van der Waals surface area contributed by atoms with Gasteiger partial charge in [-0.15, -0.1) is 0 Å². The van der Waals surface area contributed by atoms with E-state index in [0.29, 0.717) is 0 Å². The van der Waals surface area contributed by atoms with E-state index in [1.165, 1.54) is 10.8 Å². The summed E-state index contributed by atoms with van der Waals surface area (Å²) in [5, 5.41) is 2.41. The minimum Gasteiger partial charge on any atom is -0.252 e. The lowest BCUT2D eigenvalue weighted by atomic mass is 10.0. The van der Waals surface area contributed by atoms with E-state index in [0.717, 1.165) is 33.4 Å². The maximum atomic E-state index is 4.92. The van der Waals surface area contributed by atoms with E-state index in [1.807, 2.05) is 36.5 Å². The highest BCUT2D eigenvalue weighted by Crippen LogP contribution is 2.30. The lowest BCUT2D eigenvalue weighted by Gasteiger charge is -2.09. The number of rotatable bonds is 2. The van der Waals surface area contributed by atoms with Crippen LogP contribution in [0.3, 0.4) is 0 Å². The fourth-order valence-corrected chi connectivity index (χ4v) is 3.47. The normalized spacial score (nSPS) is 11.1. The summed E-state index contributed by atoms with van der Waals surface area (Å²) in [6, 6.07) is 31.2. The molecule has 5 aromatic rings. The topological polar surface area (TPSA) is 25.8 Å². The van der Waals surface area contributed by atoms with E-state index in [9.17, 15) is 0 Å². The van der Waals surface area contributed by atoms with Crippen LogP contribution in [-0.2, 0) is 0 Å². The smallest absolute Gasteiger partial charge is 0.0965 e. The summed E-state index contributed by atoms with van der Waals surface area (Å²) in [5.41, 5.74) is 6.13. The van der Waals surface area contributed by atoms with Crippen molar-refractivity contribution in [2.45, 2.75) is 0 Å². The van der Waals surface area contributed by atoms with Gasteiger partial charge in [0.25, 0.3) is 0 Å². The zero-order valence-electron chi connectivity index (χ0n) is 14.1. The first-order chi connectivity index (χ1) is 12.9. The van der Waals surface area contributed by atoms with Crippen LogP contribution in [0.25, 0.3) is 44.2 Å². The number of fused-ring (bicyclic) bond motifs is 2.